The van der Waals surface area contributed by atoms with Crippen LogP contribution in [0.1, 0.15) is 37.0 Å². The number of sulfonamides is 1. The molecule has 0 saturated carbocycles. The van der Waals surface area contributed by atoms with Gasteiger partial charge < -0.3 is 10.2 Å². The minimum absolute atomic E-state index is 0.000596. The van der Waals surface area contributed by atoms with Crippen LogP contribution < -0.4 is 9.62 Å². The second kappa shape index (κ2) is 15.0. The minimum atomic E-state index is -4.18. The average molecular weight is 632 g/mol. The maximum atomic E-state index is 14.5. The predicted octanol–water partition coefficient (Wildman–Crippen LogP) is 6.40. The first-order valence-corrected chi connectivity index (χ1v) is 16.4. The van der Waals surface area contributed by atoms with Gasteiger partial charge in [-0.05, 0) is 73.4 Å². The lowest BCUT2D eigenvalue weighted by Gasteiger charge is -2.34. The van der Waals surface area contributed by atoms with Crippen molar-refractivity contribution in [1.29, 1.82) is 0 Å². The number of hydrogen-bond acceptors (Lipinski definition) is 4. The van der Waals surface area contributed by atoms with E-state index in [1.165, 1.54) is 29.2 Å². The van der Waals surface area contributed by atoms with Gasteiger partial charge in [-0.25, -0.2) is 8.42 Å². The van der Waals surface area contributed by atoms with Gasteiger partial charge in [-0.2, -0.15) is 0 Å². The van der Waals surface area contributed by atoms with Crippen molar-refractivity contribution in [3.05, 3.63) is 131 Å². The summed E-state index contributed by atoms with van der Waals surface area (Å²) in [6, 6.07) is 30.5. The quantitative estimate of drug-likeness (QED) is 0.185. The van der Waals surface area contributed by atoms with Gasteiger partial charge in [0.2, 0.25) is 11.8 Å². The Labute approximate surface area is 265 Å². The van der Waals surface area contributed by atoms with E-state index in [1.807, 2.05) is 75.4 Å². The summed E-state index contributed by atoms with van der Waals surface area (Å²) in [6.07, 6.45) is 0.979. The van der Waals surface area contributed by atoms with Crippen molar-refractivity contribution in [3.63, 3.8) is 0 Å². The first-order valence-electron chi connectivity index (χ1n) is 14.6. The fourth-order valence-corrected chi connectivity index (χ4v) is 6.36. The molecule has 0 unspecified atom stereocenters. The molecule has 4 aromatic rings. The Morgan fingerprint density at radius 2 is 1.43 bits per heavy atom. The van der Waals surface area contributed by atoms with Crippen molar-refractivity contribution in [2.75, 3.05) is 10.8 Å². The van der Waals surface area contributed by atoms with Crippen molar-refractivity contribution < 1.29 is 18.0 Å². The standard InChI is InChI=1S/C35H38ClN3O4S/c1-4-27(3)37-35(41)33(23-28-14-7-5-8-15-28)38(24-29-16-12-11-13-26(29)2)34(40)25-39(31-17-9-6-10-18-31)44(42,43)32-21-19-30(36)20-22-32/h5-22,27,33H,4,23-25H2,1-3H3,(H,37,41)/t27-,33+/m0/s1. The maximum Gasteiger partial charge on any atom is 0.264 e. The van der Waals surface area contributed by atoms with Crippen LogP contribution in [0, 0.1) is 6.92 Å². The highest BCUT2D eigenvalue weighted by molar-refractivity contribution is 7.92. The summed E-state index contributed by atoms with van der Waals surface area (Å²) in [7, 11) is -4.18. The summed E-state index contributed by atoms with van der Waals surface area (Å²) < 4.78 is 29.1. The Hall–Kier alpha value is -4.14. The molecule has 0 aromatic heterocycles. The molecular weight excluding hydrogens is 594 g/mol. The van der Waals surface area contributed by atoms with Crippen molar-refractivity contribution >= 4 is 39.1 Å². The lowest BCUT2D eigenvalue weighted by molar-refractivity contribution is -0.140. The first-order chi connectivity index (χ1) is 21.1. The number of hydrogen-bond donors (Lipinski definition) is 1. The Bertz CT molecular complexity index is 1650. The second-order valence-electron chi connectivity index (χ2n) is 10.8. The van der Waals surface area contributed by atoms with E-state index < -0.39 is 28.5 Å². The molecule has 44 heavy (non-hydrogen) atoms. The van der Waals surface area contributed by atoms with Crippen LogP contribution in [0.15, 0.2) is 114 Å². The summed E-state index contributed by atoms with van der Waals surface area (Å²) in [5.41, 5.74) is 3.03. The minimum Gasteiger partial charge on any atom is -0.352 e. The van der Waals surface area contributed by atoms with E-state index in [1.54, 1.807) is 30.3 Å². The number of nitrogens with one attached hydrogen (secondary N) is 1. The lowest BCUT2D eigenvalue weighted by atomic mass is 10.0. The molecule has 7 nitrogen and oxygen atoms in total. The largest absolute Gasteiger partial charge is 0.352 e. The summed E-state index contributed by atoms with van der Waals surface area (Å²) >= 11 is 6.04. The van der Waals surface area contributed by atoms with Crippen molar-refractivity contribution in [1.82, 2.24) is 10.2 Å². The van der Waals surface area contributed by atoms with Crippen LogP contribution in [0.4, 0.5) is 5.69 Å². The molecule has 0 aliphatic rings. The monoisotopic (exact) mass is 631 g/mol. The van der Waals surface area contributed by atoms with E-state index in [0.717, 1.165) is 27.4 Å². The van der Waals surface area contributed by atoms with E-state index in [2.05, 4.69) is 5.32 Å². The molecular formula is C35H38ClN3O4S. The highest BCUT2D eigenvalue weighted by atomic mass is 35.5. The summed E-state index contributed by atoms with van der Waals surface area (Å²) in [5.74, 6) is -0.799. The molecule has 4 aromatic carbocycles. The second-order valence-corrected chi connectivity index (χ2v) is 13.1. The van der Waals surface area contributed by atoms with Gasteiger partial charge in [0.25, 0.3) is 10.0 Å². The molecule has 0 aliphatic heterocycles. The Morgan fingerprint density at radius 3 is 2.05 bits per heavy atom. The van der Waals surface area contributed by atoms with Crippen LogP contribution >= 0.6 is 11.6 Å². The van der Waals surface area contributed by atoms with Gasteiger partial charge in [-0.15, -0.1) is 0 Å². The van der Waals surface area contributed by atoms with E-state index in [4.69, 9.17) is 11.6 Å². The smallest absolute Gasteiger partial charge is 0.264 e. The topological polar surface area (TPSA) is 86.8 Å². The Balaban J connectivity index is 1.80. The van der Waals surface area contributed by atoms with Crippen LogP contribution in [0.2, 0.25) is 5.02 Å². The number of anilines is 1. The van der Waals surface area contributed by atoms with E-state index in [9.17, 15) is 18.0 Å². The van der Waals surface area contributed by atoms with Crippen LogP contribution in [0.25, 0.3) is 0 Å². The van der Waals surface area contributed by atoms with Gasteiger partial charge >= 0.3 is 0 Å². The first kappa shape index (κ1) is 32.8. The fourth-order valence-electron chi connectivity index (χ4n) is 4.82. The predicted molar refractivity (Wildman–Crippen MR) is 176 cm³/mol. The molecule has 0 aliphatic carbocycles. The Morgan fingerprint density at radius 1 is 0.841 bits per heavy atom. The zero-order valence-electron chi connectivity index (χ0n) is 25.2. The third-order valence-electron chi connectivity index (χ3n) is 7.60. The number of carbonyl (C=O) groups excluding carboxylic acids is 2. The molecule has 2 atom stereocenters. The van der Waals surface area contributed by atoms with E-state index >= 15 is 0 Å². The Kier molecular flexibility index (Phi) is 11.2. The zero-order chi connectivity index (χ0) is 31.7. The molecule has 2 amide bonds. The van der Waals surface area contributed by atoms with Crippen LogP contribution in [-0.2, 0) is 32.6 Å². The molecule has 0 bridgehead atoms. The SMILES string of the molecule is CC[C@H](C)NC(=O)[C@@H](Cc1ccccc1)N(Cc1ccccc1C)C(=O)CN(c1ccccc1)S(=O)(=O)c1ccc(Cl)cc1. The average Bonchev–Trinajstić information content (AvgIpc) is 3.03. The highest BCUT2D eigenvalue weighted by Crippen LogP contribution is 2.26. The normalized spacial score (nSPS) is 12.6. The molecule has 9 heteroatoms. The van der Waals surface area contributed by atoms with Gasteiger partial charge in [0.05, 0.1) is 10.6 Å². The lowest BCUT2D eigenvalue weighted by Crippen LogP contribution is -2.54. The van der Waals surface area contributed by atoms with E-state index in [0.29, 0.717) is 10.7 Å². The zero-order valence-corrected chi connectivity index (χ0v) is 26.8. The number of carbonyl (C=O) groups is 2. The van der Waals surface area contributed by atoms with Gasteiger partial charge in [0.1, 0.15) is 12.6 Å². The van der Waals surface area contributed by atoms with Gasteiger partial charge in [0, 0.05) is 24.0 Å². The number of nitrogens with zero attached hydrogens (tertiary/aromatic N) is 2. The number of rotatable bonds is 13. The molecule has 0 saturated heterocycles. The van der Waals surface area contributed by atoms with Crippen LogP contribution in [0.3, 0.4) is 0 Å². The third kappa shape index (κ3) is 8.27. The van der Waals surface area contributed by atoms with Crippen molar-refractivity contribution in [3.8, 4) is 0 Å². The number of amides is 2. The van der Waals surface area contributed by atoms with Gasteiger partial charge in [-0.3, -0.25) is 13.9 Å². The molecule has 0 fully saturated rings. The van der Waals surface area contributed by atoms with Gasteiger partial charge in [-0.1, -0.05) is 91.3 Å². The summed E-state index contributed by atoms with van der Waals surface area (Å²) in [5, 5.41) is 3.45. The van der Waals surface area contributed by atoms with Gasteiger partial charge in [0.15, 0.2) is 0 Å². The molecule has 230 valence electrons. The van der Waals surface area contributed by atoms with E-state index in [-0.39, 0.29) is 29.8 Å². The molecule has 4 rings (SSSR count). The highest BCUT2D eigenvalue weighted by Gasteiger charge is 2.35. The molecule has 0 radical (unpaired) electrons. The molecule has 1 N–H and O–H groups in total. The van der Waals surface area contributed by atoms with Crippen LogP contribution in [0.5, 0.6) is 0 Å². The number of halogens is 1. The van der Waals surface area contributed by atoms with Crippen LogP contribution in [-0.4, -0.2) is 43.8 Å². The number of para-hydroxylation sites is 1. The summed E-state index contributed by atoms with van der Waals surface area (Å²) in [4.78, 5) is 29.9. The molecule has 0 heterocycles. The fraction of sp³-hybridized carbons (Fsp3) is 0.257. The number of aryl methyl sites for hydroxylation is 1. The molecule has 0 spiro atoms. The van der Waals surface area contributed by atoms with Crippen molar-refractivity contribution in [2.45, 2.75) is 57.1 Å². The third-order valence-corrected chi connectivity index (χ3v) is 9.64. The van der Waals surface area contributed by atoms with Crippen molar-refractivity contribution in [2.24, 2.45) is 0 Å². The maximum absolute atomic E-state index is 14.5. The summed E-state index contributed by atoms with van der Waals surface area (Å²) in [6.45, 7) is 5.46. The number of benzene rings is 4.